The van der Waals surface area contributed by atoms with E-state index in [-0.39, 0.29) is 27.9 Å². The van der Waals surface area contributed by atoms with E-state index in [9.17, 15) is 15.0 Å². The summed E-state index contributed by atoms with van der Waals surface area (Å²) in [6.45, 7) is 3.18. The first-order chi connectivity index (χ1) is 7.04. The van der Waals surface area contributed by atoms with E-state index in [0.29, 0.717) is 11.1 Å². The number of aromatic hydroxyl groups is 2. The van der Waals surface area contributed by atoms with Crippen molar-refractivity contribution in [1.29, 1.82) is 0 Å². The van der Waals surface area contributed by atoms with Gasteiger partial charge in [-0.15, -0.1) is 0 Å². The molecule has 0 saturated carbocycles. The van der Waals surface area contributed by atoms with E-state index in [2.05, 4.69) is 0 Å². The highest BCUT2D eigenvalue weighted by Gasteiger charge is 2.16. The zero-order chi connectivity index (χ0) is 11.2. The molecule has 0 bridgehead atoms. The number of rotatable bonds is 0. The molecule has 1 aromatic carbocycles. The van der Waals surface area contributed by atoms with Crippen molar-refractivity contribution in [3.63, 3.8) is 0 Å². The summed E-state index contributed by atoms with van der Waals surface area (Å²) >= 11 is 0. The van der Waals surface area contributed by atoms with Crippen LogP contribution in [0.1, 0.15) is 11.1 Å². The molecule has 4 nitrogen and oxygen atoms in total. The topological polar surface area (TPSA) is 70.7 Å². The average Bonchev–Trinajstić information content (AvgIpc) is 2.23. The van der Waals surface area contributed by atoms with Gasteiger partial charge >= 0.3 is 0 Å². The van der Waals surface area contributed by atoms with Crippen LogP contribution >= 0.6 is 0 Å². The molecule has 15 heavy (non-hydrogen) atoms. The number of phenolic OH excluding ortho intramolecular Hbond substituents is 2. The van der Waals surface area contributed by atoms with Crippen LogP contribution in [-0.4, -0.2) is 10.2 Å². The second-order valence-electron chi connectivity index (χ2n) is 3.44. The lowest BCUT2D eigenvalue weighted by molar-refractivity contribution is 0.441. The molecular weight excluding hydrogens is 196 g/mol. The van der Waals surface area contributed by atoms with Crippen LogP contribution in [0.25, 0.3) is 11.0 Å². The maximum absolute atomic E-state index is 11.5. The highest BCUT2D eigenvalue weighted by atomic mass is 16.3. The van der Waals surface area contributed by atoms with Crippen LogP contribution in [0.2, 0.25) is 0 Å². The van der Waals surface area contributed by atoms with Gasteiger partial charge < -0.3 is 14.6 Å². The molecule has 0 atom stereocenters. The number of fused-ring (bicyclic) bond motifs is 1. The van der Waals surface area contributed by atoms with Crippen molar-refractivity contribution >= 4 is 11.0 Å². The third-order valence-electron chi connectivity index (χ3n) is 2.52. The van der Waals surface area contributed by atoms with Gasteiger partial charge in [-0.05, 0) is 13.8 Å². The van der Waals surface area contributed by atoms with Crippen LogP contribution in [0.4, 0.5) is 0 Å². The summed E-state index contributed by atoms with van der Waals surface area (Å²) in [5, 5.41) is 19.5. The van der Waals surface area contributed by atoms with Gasteiger partial charge in [0, 0.05) is 17.2 Å². The monoisotopic (exact) mass is 206 g/mol. The molecule has 1 heterocycles. The first-order valence-corrected chi connectivity index (χ1v) is 4.46. The Labute approximate surface area is 85.4 Å². The van der Waals surface area contributed by atoms with Gasteiger partial charge in [-0.25, -0.2) is 0 Å². The average molecular weight is 206 g/mol. The number of hydrogen-bond donors (Lipinski definition) is 2. The fourth-order valence-corrected chi connectivity index (χ4v) is 1.61. The van der Waals surface area contributed by atoms with Gasteiger partial charge in [0.05, 0.1) is 6.26 Å². The van der Waals surface area contributed by atoms with Gasteiger partial charge in [0.2, 0.25) is 0 Å². The number of phenols is 2. The molecule has 2 aromatic rings. The predicted octanol–water partition coefficient (Wildman–Crippen LogP) is 1.82. The molecule has 0 radical (unpaired) electrons. The summed E-state index contributed by atoms with van der Waals surface area (Å²) in [7, 11) is 0. The quantitative estimate of drug-likeness (QED) is 0.689. The Morgan fingerprint density at radius 2 is 1.80 bits per heavy atom. The number of aryl methyl sites for hydroxylation is 1. The van der Waals surface area contributed by atoms with Gasteiger partial charge in [0.1, 0.15) is 22.5 Å². The fraction of sp³-hybridized carbons (Fsp3) is 0.182. The molecule has 1 aromatic heterocycles. The molecule has 78 valence electrons. The van der Waals surface area contributed by atoms with E-state index < -0.39 is 0 Å². The first-order valence-electron chi connectivity index (χ1n) is 4.46. The summed E-state index contributed by atoms with van der Waals surface area (Å²) < 4.78 is 5.12. The van der Waals surface area contributed by atoms with E-state index in [1.807, 2.05) is 0 Å². The molecule has 0 spiro atoms. The van der Waals surface area contributed by atoms with Crippen LogP contribution in [0, 0.1) is 13.8 Å². The summed E-state index contributed by atoms with van der Waals surface area (Å²) in [6.07, 6.45) is 1.24. The third-order valence-corrected chi connectivity index (χ3v) is 2.52. The maximum atomic E-state index is 11.5. The van der Waals surface area contributed by atoms with Gasteiger partial charge in [-0.1, -0.05) is 0 Å². The standard InChI is InChI=1S/C11H10O4/c1-5-9(13)6(2)11-8(10(5)14)7(12)3-4-15-11/h3-4,13-14H,1-2H3. The molecule has 0 aliphatic heterocycles. The lowest BCUT2D eigenvalue weighted by Gasteiger charge is -2.08. The lowest BCUT2D eigenvalue weighted by atomic mass is 10.0. The summed E-state index contributed by atoms with van der Waals surface area (Å²) in [5.74, 6) is -0.267. The Hall–Kier alpha value is -1.97. The smallest absolute Gasteiger partial charge is 0.196 e. The highest BCUT2D eigenvalue weighted by Crippen LogP contribution is 2.36. The first kappa shape index (κ1) is 9.58. The molecule has 0 amide bonds. The Morgan fingerprint density at radius 3 is 2.47 bits per heavy atom. The van der Waals surface area contributed by atoms with Crippen LogP contribution in [0.3, 0.4) is 0 Å². The molecule has 2 rings (SSSR count). The van der Waals surface area contributed by atoms with Crippen LogP contribution < -0.4 is 5.43 Å². The van der Waals surface area contributed by atoms with E-state index in [1.54, 1.807) is 13.8 Å². The minimum absolute atomic E-state index is 0.0469. The summed E-state index contributed by atoms with van der Waals surface area (Å²) in [4.78, 5) is 11.5. The molecule has 0 fully saturated rings. The Kier molecular flexibility index (Phi) is 1.93. The maximum Gasteiger partial charge on any atom is 0.196 e. The minimum atomic E-state index is -0.319. The van der Waals surface area contributed by atoms with Crippen molar-refractivity contribution in [3.8, 4) is 11.5 Å². The molecule has 0 aliphatic carbocycles. The molecular formula is C11H10O4. The van der Waals surface area contributed by atoms with Crippen LogP contribution in [0.15, 0.2) is 21.5 Å². The van der Waals surface area contributed by atoms with Gasteiger partial charge in [0.15, 0.2) is 5.43 Å². The van der Waals surface area contributed by atoms with Crippen LogP contribution in [0.5, 0.6) is 11.5 Å². The van der Waals surface area contributed by atoms with E-state index >= 15 is 0 Å². The third kappa shape index (κ3) is 1.18. The molecule has 0 saturated heterocycles. The summed E-state index contributed by atoms with van der Waals surface area (Å²) in [5.41, 5.74) is 0.652. The summed E-state index contributed by atoms with van der Waals surface area (Å²) in [6, 6.07) is 1.23. The van der Waals surface area contributed by atoms with Crippen LogP contribution in [-0.2, 0) is 0 Å². The highest BCUT2D eigenvalue weighted by molar-refractivity contribution is 5.89. The predicted molar refractivity (Wildman–Crippen MR) is 55.3 cm³/mol. The second-order valence-corrected chi connectivity index (χ2v) is 3.44. The zero-order valence-corrected chi connectivity index (χ0v) is 8.37. The molecule has 4 heteroatoms. The van der Waals surface area contributed by atoms with Gasteiger partial charge in [0.25, 0.3) is 0 Å². The zero-order valence-electron chi connectivity index (χ0n) is 8.37. The van der Waals surface area contributed by atoms with Crippen molar-refractivity contribution in [2.45, 2.75) is 13.8 Å². The number of benzene rings is 1. The van der Waals surface area contributed by atoms with Crippen molar-refractivity contribution in [3.05, 3.63) is 33.7 Å². The molecule has 0 unspecified atom stereocenters. The Balaban J connectivity index is 3.15. The lowest BCUT2D eigenvalue weighted by Crippen LogP contribution is -2.00. The van der Waals surface area contributed by atoms with Crippen molar-refractivity contribution in [1.82, 2.24) is 0 Å². The van der Waals surface area contributed by atoms with E-state index in [1.165, 1.54) is 12.3 Å². The van der Waals surface area contributed by atoms with Crippen molar-refractivity contribution in [2.75, 3.05) is 0 Å². The fourth-order valence-electron chi connectivity index (χ4n) is 1.61. The van der Waals surface area contributed by atoms with Crippen molar-refractivity contribution < 1.29 is 14.6 Å². The van der Waals surface area contributed by atoms with Crippen molar-refractivity contribution in [2.24, 2.45) is 0 Å². The van der Waals surface area contributed by atoms with E-state index in [0.717, 1.165) is 0 Å². The Morgan fingerprint density at radius 1 is 1.13 bits per heavy atom. The number of hydrogen-bond acceptors (Lipinski definition) is 4. The Bertz CT molecular complexity index is 596. The van der Waals surface area contributed by atoms with Gasteiger partial charge in [-0.3, -0.25) is 4.79 Å². The molecule has 0 aliphatic rings. The SMILES string of the molecule is Cc1c(O)c(C)c2occc(=O)c2c1O. The second kappa shape index (κ2) is 3.02. The normalized spacial score (nSPS) is 10.8. The molecule has 2 N–H and O–H groups in total. The minimum Gasteiger partial charge on any atom is -0.507 e. The largest absolute Gasteiger partial charge is 0.507 e. The van der Waals surface area contributed by atoms with E-state index in [4.69, 9.17) is 4.42 Å². The van der Waals surface area contributed by atoms with Gasteiger partial charge in [-0.2, -0.15) is 0 Å².